The zero-order chi connectivity index (χ0) is 9.59. The summed E-state index contributed by atoms with van der Waals surface area (Å²) < 4.78 is 2.47. The summed E-state index contributed by atoms with van der Waals surface area (Å²) in [7, 11) is 0. The van der Waals surface area contributed by atoms with Gasteiger partial charge in [-0.15, -0.1) is 5.10 Å². The maximum atomic E-state index is 11.4. The number of hydrogen-bond acceptors (Lipinski definition) is 4. The van der Waals surface area contributed by atoms with Crippen molar-refractivity contribution in [2.24, 2.45) is 0 Å². The Hall–Kier alpha value is -1.85. The second kappa shape index (κ2) is 2.32. The molecule has 6 heteroatoms. The first-order valence-corrected chi connectivity index (χ1v) is 3.80. The third kappa shape index (κ3) is 0.986. The fraction of sp³-hybridized carbons (Fsp3) is 0.286. The Balaban J connectivity index is 3.03. The van der Waals surface area contributed by atoms with Gasteiger partial charge >= 0.3 is 0 Å². The molecular formula is C7H9N5O. The van der Waals surface area contributed by atoms with Gasteiger partial charge < -0.3 is 5.84 Å². The average Bonchev–Trinajstić information content (AvgIpc) is 2.32. The summed E-state index contributed by atoms with van der Waals surface area (Å²) in [4.78, 5) is 15.5. The Kier molecular flexibility index (Phi) is 1.39. The summed E-state index contributed by atoms with van der Waals surface area (Å²) >= 11 is 0. The van der Waals surface area contributed by atoms with Gasteiger partial charge in [0.25, 0.3) is 11.3 Å². The van der Waals surface area contributed by atoms with Crippen molar-refractivity contribution in [3.05, 3.63) is 27.9 Å². The van der Waals surface area contributed by atoms with Crippen molar-refractivity contribution in [1.29, 1.82) is 0 Å². The molecule has 0 saturated carbocycles. The minimum Gasteiger partial charge on any atom is -0.335 e. The third-order valence-electron chi connectivity index (χ3n) is 1.82. The number of aromatic nitrogens is 4. The second-order valence-electron chi connectivity index (χ2n) is 2.86. The van der Waals surface area contributed by atoms with Gasteiger partial charge in [0.1, 0.15) is 5.82 Å². The molecule has 0 aliphatic rings. The van der Waals surface area contributed by atoms with Crippen LogP contribution in [0.25, 0.3) is 5.78 Å². The number of rotatable bonds is 0. The van der Waals surface area contributed by atoms with Crippen LogP contribution in [0.4, 0.5) is 0 Å². The number of fused-ring (bicyclic) bond motifs is 1. The highest BCUT2D eigenvalue weighted by Crippen LogP contribution is 1.97. The van der Waals surface area contributed by atoms with Crippen LogP contribution in [0.3, 0.4) is 0 Å². The zero-order valence-corrected chi connectivity index (χ0v) is 7.35. The van der Waals surface area contributed by atoms with E-state index in [9.17, 15) is 4.79 Å². The van der Waals surface area contributed by atoms with Gasteiger partial charge in [0.05, 0.1) is 0 Å². The zero-order valence-electron chi connectivity index (χ0n) is 7.35. The van der Waals surface area contributed by atoms with Gasteiger partial charge in [-0.25, -0.2) is 9.66 Å². The van der Waals surface area contributed by atoms with E-state index < -0.39 is 0 Å². The van der Waals surface area contributed by atoms with Crippen LogP contribution >= 0.6 is 0 Å². The predicted molar refractivity (Wildman–Crippen MR) is 46.9 cm³/mol. The second-order valence-corrected chi connectivity index (χ2v) is 2.86. The van der Waals surface area contributed by atoms with E-state index in [0.717, 1.165) is 0 Å². The van der Waals surface area contributed by atoms with Crippen molar-refractivity contribution in [1.82, 2.24) is 19.3 Å². The molecule has 0 aliphatic carbocycles. The van der Waals surface area contributed by atoms with E-state index in [4.69, 9.17) is 5.84 Å². The number of hydrogen-bond donors (Lipinski definition) is 1. The predicted octanol–water partition coefficient (Wildman–Crippen LogP) is -0.778. The number of nitrogens with zero attached hydrogens (tertiary/aromatic N) is 4. The molecule has 0 saturated heterocycles. The first kappa shape index (κ1) is 7.78. The average molecular weight is 179 g/mol. The molecule has 0 radical (unpaired) electrons. The summed E-state index contributed by atoms with van der Waals surface area (Å²) in [6.45, 7) is 3.45. The SMILES string of the molecule is Cc1cc(=O)n2nc(C)n(N)c2n1. The fourth-order valence-electron chi connectivity index (χ4n) is 1.16. The van der Waals surface area contributed by atoms with Crippen molar-refractivity contribution in [2.45, 2.75) is 13.8 Å². The van der Waals surface area contributed by atoms with Crippen LogP contribution in [0.15, 0.2) is 10.9 Å². The Bertz CT molecular complexity index is 523. The molecule has 2 heterocycles. The van der Waals surface area contributed by atoms with E-state index in [-0.39, 0.29) is 5.56 Å². The van der Waals surface area contributed by atoms with Crippen molar-refractivity contribution in [3.63, 3.8) is 0 Å². The van der Waals surface area contributed by atoms with Crippen molar-refractivity contribution < 1.29 is 0 Å². The summed E-state index contributed by atoms with van der Waals surface area (Å²) in [5.74, 6) is 6.52. The fourth-order valence-corrected chi connectivity index (χ4v) is 1.16. The minimum atomic E-state index is -0.213. The van der Waals surface area contributed by atoms with E-state index in [2.05, 4.69) is 10.1 Å². The molecule has 6 nitrogen and oxygen atoms in total. The molecule has 0 aliphatic heterocycles. The lowest BCUT2D eigenvalue weighted by molar-refractivity contribution is 0.872. The standard InChI is InChI=1S/C7H9N5O/c1-4-3-6(13)12-7(9-4)11(8)5(2)10-12/h3H,8H2,1-2H3. The lowest BCUT2D eigenvalue weighted by Crippen LogP contribution is -2.17. The van der Waals surface area contributed by atoms with Gasteiger partial charge in [0.2, 0.25) is 0 Å². The Morgan fingerprint density at radius 3 is 2.85 bits per heavy atom. The van der Waals surface area contributed by atoms with Gasteiger partial charge in [0, 0.05) is 11.8 Å². The van der Waals surface area contributed by atoms with E-state index >= 15 is 0 Å². The maximum Gasteiger partial charge on any atom is 0.276 e. The molecule has 0 aromatic carbocycles. The van der Waals surface area contributed by atoms with Crippen LogP contribution in [0.1, 0.15) is 11.5 Å². The van der Waals surface area contributed by atoms with Gasteiger partial charge in [-0.1, -0.05) is 0 Å². The molecule has 2 N–H and O–H groups in total. The van der Waals surface area contributed by atoms with E-state index in [0.29, 0.717) is 17.3 Å². The topological polar surface area (TPSA) is 78.2 Å². The first-order valence-electron chi connectivity index (χ1n) is 3.80. The lowest BCUT2D eigenvalue weighted by Gasteiger charge is -1.95. The molecule has 0 atom stereocenters. The summed E-state index contributed by atoms with van der Waals surface area (Å²) in [5, 5.41) is 3.93. The number of nitrogens with two attached hydrogens (primary N) is 1. The Morgan fingerprint density at radius 1 is 1.46 bits per heavy atom. The normalized spacial score (nSPS) is 10.9. The quantitative estimate of drug-likeness (QED) is 0.538. The minimum absolute atomic E-state index is 0.213. The molecule has 2 aromatic heterocycles. The number of aryl methyl sites for hydroxylation is 2. The van der Waals surface area contributed by atoms with Gasteiger partial charge in [-0.3, -0.25) is 4.79 Å². The molecule has 0 fully saturated rings. The molecular weight excluding hydrogens is 170 g/mol. The highest BCUT2D eigenvalue weighted by molar-refractivity contribution is 5.30. The summed E-state index contributed by atoms with van der Waals surface area (Å²) in [6.07, 6.45) is 0. The molecule has 68 valence electrons. The highest BCUT2D eigenvalue weighted by Gasteiger charge is 2.07. The first-order chi connectivity index (χ1) is 6.09. The molecule has 0 bridgehead atoms. The molecule has 2 rings (SSSR count). The van der Waals surface area contributed by atoms with Crippen molar-refractivity contribution in [2.75, 3.05) is 5.84 Å². The smallest absolute Gasteiger partial charge is 0.276 e. The summed E-state index contributed by atoms with van der Waals surface area (Å²) in [6, 6.07) is 1.42. The van der Waals surface area contributed by atoms with Gasteiger partial charge in [-0.05, 0) is 13.8 Å². The number of nitrogen functional groups attached to an aromatic ring is 1. The largest absolute Gasteiger partial charge is 0.335 e. The molecule has 0 unspecified atom stereocenters. The van der Waals surface area contributed by atoms with Gasteiger partial charge in [-0.2, -0.15) is 4.52 Å². The Labute approximate surface area is 73.6 Å². The van der Waals surface area contributed by atoms with Crippen LogP contribution in [-0.4, -0.2) is 19.3 Å². The van der Waals surface area contributed by atoms with E-state index in [1.807, 2.05) is 0 Å². The molecule has 2 aromatic rings. The van der Waals surface area contributed by atoms with Gasteiger partial charge in [0.15, 0.2) is 0 Å². The van der Waals surface area contributed by atoms with Crippen LogP contribution in [0, 0.1) is 13.8 Å². The van der Waals surface area contributed by atoms with Crippen LogP contribution in [0.5, 0.6) is 0 Å². The van der Waals surface area contributed by atoms with Crippen LogP contribution in [0.2, 0.25) is 0 Å². The van der Waals surface area contributed by atoms with Crippen molar-refractivity contribution >= 4 is 5.78 Å². The van der Waals surface area contributed by atoms with Crippen LogP contribution in [-0.2, 0) is 0 Å². The van der Waals surface area contributed by atoms with E-state index in [1.54, 1.807) is 13.8 Å². The Morgan fingerprint density at radius 2 is 2.15 bits per heavy atom. The summed E-state index contributed by atoms with van der Waals surface area (Å²) in [5.41, 5.74) is 0.423. The molecule has 0 amide bonds. The monoisotopic (exact) mass is 179 g/mol. The maximum absolute atomic E-state index is 11.4. The van der Waals surface area contributed by atoms with Crippen molar-refractivity contribution in [3.8, 4) is 0 Å². The highest BCUT2D eigenvalue weighted by atomic mass is 16.1. The van der Waals surface area contributed by atoms with Crippen LogP contribution < -0.4 is 11.4 Å². The molecule has 0 spiro atoms. The van der Waals surface area contributed by atoms with E-state index in [1.165, 1.54) is 15.3 Å². The third-order valence-corrected chi connectivity index (χ3v) is 1.82. The lowest BCUT2D eigenvalue weighted by atomic mass is 10.5. The molecule has 13 heavy (non-hydrogen) atoms.